The highest BCUT2D eigenvalue weighted by Crippen LogP contribution is 2.18. The summed E-state index contributed by atoms with van der Waals surface area (Å²) in [6.07, 6.45) is 0. The van der Waals surface area contributed by atoms with Crippen LogP contribution in [0.2, 0.25) is 0 Å². The number of hydrogen-bond acceptors (Lipinski definition) is 3. The molecule has 0 saturated carbocycles. The molecule has 0 aliphatic carbocycles. The van der Waals surface area contributed by atoms with Crippen LogP contribution in [0.25, 0.3) is 11.0 Å². The van der Waals surface area contributed by atoms with Gasteiger partial charge >= 0.3 is 0 Å². The largest absolute Gasteiger partial charge is 0.379 e. The smallest absolute Gasteiger partial charge is 0.201 e. The van der Waals surface area contributed by atoms with Gasteiger partial charge in [0, 0.05) is 19.2 Å². The maximum atomic E-state index is 13.1. The number of imidazole rings is 1. The molecule has 2 N–H and O–H groups in total. The van der Waals surface area contributed by atoms with Crippen LogP contribution in [0, 0.1) is 11.7 Å². The fourth-order valence-corrected chi connectivity index (χ4v) is 1.83. The Labute approximate surface area is 106 Å². The topological polar surface area (TPSA) is 53.1 Å². The van der Waals surface area contributed by atoms with Crippen molar-refractivity contribution in [1.29, 1.82) is 0 Å². The number of anilines is 1. The Balaban J connectivity index is 2.10. The predicted molar refractivity (Wildman–Crippen MR) is 69.8 cm³/mol. The van der Waals surface area contributed by atoms with E-state index in [2.05, 4.69) is 18.8 Å². The lowest BCUT2D eigenvalue weighted by molar-refractivity contribution is 0.104. The lowest BCUT2D eigenvalue weighted by atomic mass is 10.2. The van der Waals surface area contributed by atoms with Gasteiger partial charge in [-0.25, -0.2) is 9.37 Å². The van der Waals surface area contributed by atoms with Gasteiger partial charge in [0.05, 0.1) is 17.6 Å². The molecule has 0 unspecified atom stereocenters. The van der Waals surface area contributed by atoms with Gasteiger partial charge in [-0.15, -0.1) is 0 Å². The molecule has 4 nitrogen and oxygen atoms in total. The molecular weight excluding hydrogens is 233 g/mol. The summed E-state index contributed by atoms with van der Waals surface area (Å²) in [6.45, 7) is 6.13. The first-order valence-electron chi connectivity index (χ1n) is 6.07. The number of nitrogens with two attached hydrogens (primary N) is 1. The third kappa shape index (κ3) is 2.79. The molecule has 1 aromatic carbocycles. The average molecular weight is 251 g/mol. The van der Waals surface area contributed by atoms with E-state index >= 15 is 0 Å². The minimum Gasteiger partial charge on any atom is -0.379 e. The van der Waals surface area contributed by atoms with Crippen molar-refractivity contribution in [2.45, 2.75) is 20.4 Å². The van der Waals surface area contributed by atoms with Gasteiger partial charge < -0.3 is 15.0 Å². The molecule has 0 atom stereocenters. The highest BCUT2D eigenvalue weighted by Gasteiger charge is 2.08. The van der Waals surface area contributed by atoms with Gasteiger partial charge in [0.1, 0.15) is 5.82 Å². The fraction of sp³-hybridized carbons (Fsp3) is 0.462. The van der Waals surface area contributed by atoms with Crippen LogP contribution in [-0.2, 0) is 11.3 Å². The second kappa shape index (κ2) is 5.35. The molecule has 0 saturated heterocycles. The summed E-state index contributed by atoms with van der Waals surface area (Å²) in [5.74, 6) is 0.600. The Morgan fingerprint density at radius 3 is 2.94 bits per heavy atom. The second-order valence-electron chi connectivity index (χ2n) is 4.72. The van der Waals surface area contributed by atoms with Crippen molar-refractivity contribution in [3.8, 4) is 0 Å². The summed E-state index contributed by atoms with van der Waals surface area (Å²) in [5.41, 5.74) is 7.23. The highest BCUT2D eigenvalue weighted by molar-refractivity contribution is 5.78. The Morgan fingerprint density at radius 1 is 1.44 bits per heavy atom. The monoisotopic (exact) mass is 251 g/mol. The maximum absolute atomic E-state index is 13.1. The summed E-state index contributed by atoms with van der Waals surface area (Å²) in [6, 6.07) is 4.49. The van der Waals surface area contributed by atoms with E-state index in [0.717, 1.165) is 12.1 Å². The molecule has 2 aromatic rings. The number of benzene rings is 1. The number of halogens is 1. The molecule has 0 aliphatic rings. The molecule has 0 radical (unpaired) electrons. The van der Waals surface area contributed by atoms with Crippen molar-refractivity contribution in [2.75, 3.05) is 18.9 Å². The number of aromatic nitrogens is 2. The standard InChI is InChI=1S/C13H18FN3O/c1-9(2)8-18-6-5-17-12-4-3-10(14)7-11(12)16-13(17)15/h3-4,7,9H,5-6,8H2,1-2H3,(H2,15,16). The van der Waals surface area contributed by atoms with Crippen LogP contribution in [0.1, 0.15) is 13.8 Å². The van der Waals surface area contributed by atoms with E-state index in [0.29, 0.717) is 30.5 Å². The van der Waals surface area contributed by atoms with Gasteiger partial charge in [-0.3, -0.25) is 0 Å². The lowest BCUT2D eigenvalue weighted by Gasteiger charge is -2.09. The number of nitrogen functional groups attached to an aromatic ring is 1. The molecule has 0 bridgehead atoms. The molecule has 0 fully saturated rings. The SMILES string of the molecule is CC(C)COCCn1c(N)nc2cc(F)ccc21. The molecule has 0 aliphatic heterocycles. The Morgan fingerprint density at radius 2 is 2.22 bits per heavy atom. The number of nitrogens with zero attached hydrogens (tertiary/aromatic N) is 2. The zero-order valence-corrected chi connectivity index (χ0v) is 10.7. The lowest BCUT2D eigenvalue weighted by Crippen LogP contribution is -2.11. The molecule has 18 heavy (non-hydrogen) atoms. The van der Waals surface area contributed by atoms with E-state index in [1.54, 1.807) is 6.07 Å². The van der Waals surface area contributed by atoms with Gasteiger partial charge in [0.2, 0.25) is 5.95 Å². The number of fused-ring (bicyclic) bond motifs is 1. The van der Waals surface area contributed by atoms with Gasteiger partial charge in [-0.05, 0) is 18.1 Å². The van der Waals surface area contributed by atoms with Crippen LogP contribution in [0.15, 0.2) is 18.2 Å². The second-order valence-corrected chi connectivity index (χ2v) is 4.72. The van der Waals surface area contributed by atoms with Crippen molar-refractivity contribution in [2.24, 2.45) is 5.92 Å². The maximum Gasteiger partial charge on any atom is 0.201 e. The molecule has 0 amide bonds. The first kappa shape index (κ1) is 12.8. The predicted octanol–water partition coefficient (Wildman–Crippen LogP) is 2.43. The van der Waals surface area contributed by atoms with Crippen molar-refractivity contribution < 1.29 is 9.13 Å². The molecule has 98 valence electrons. The van der Waals surface area contributed by atoms with E-state index < -0.39 is 0 Å². The minimum absolute atomic E-state index is 0.303. The third-order valence-electron chi connectivity index (χ3n) is 2.65. The van der Waals surface area contributed by atoms with Gasteiger partial charge in [-0.2, -0.15) is 0 Å². The molecular formula is C13H18FN3O. The van der Waals surface area contributed by atoms with Crippen molar-refractivity contribution >= 4 is 17.0 Å². The zero-order chi connectivity index (χ0) is 13.1. The van der Waals surface area contributed by atoms with E-state index in [4.69, 9.17) is 10.5 Å². The number of hydrogen-bond donors (Lipinski definition) is 1. The molecule has 0 spiro atoms. The fourth-order valence-electron chi connectivity index (χ4n) is 1.83. The first-order chi connectivity index (χ1) is 8.58. The third-order valence-corrected chi connectivity index (χ3v) is 2.65. The number of ether oxygens (including phenoxy) is 1. The summed E-state index contributed by atoms with van der Waals surface area (Å²) in [4.78, 5) is 4.13. The van der Waals surface area contributed by atoms with Crippen LogP contribution in [0.4, 0.5) is 10.3 Å². The summed E-state index contributed by atoms with van der Waals surface area (Å²) in [5, 5.41) is 0. The zero-order valence-electron chi connectivity index (χ0n) is 10.7. The van der Waals surface area contributed by atoms with Crippen molar-refractivity contribution in [3.05, 3.63) is 24.0 Å². The van der Waals surface area contributed by atoms with Crippen LogP contribution in [0.3, 0.4) is 0 Å². The quantitative estimate of drug-likeness (QED) is 0.830. The summed E-state index contributed by atoms with van der Waals surface area (Å²) < 4.78 is 20.4. The average Bonchev–Trinajstić information content (AvgIpc) is 2.59. The molecule has 1 aromatic heterocycles. The van der Waals surface area contributed by atoms with Crippen LogP contribution < -0.4 is 5.73 Å². The Hall–Kier alpha value is -1.62. The highest BCUT2D eigenvalue weighted by atomic mass is 19.1. The van der Waals surface area contributed by atoms with Crippen LogP contribution >= 0.6 is 0 Å². The van der Waals surface area contributed by atoms with Crippen LogP contribution in [-0.4, -0.2) is 22.8 Å². The van der Waals surface area contributed by atoms with E-state index in [1.165, 1.54) is 12.1 Å². The van der Waals surface area contributed by atoms with Crippen molar-refractivity contribution in [3.63, 3.8) is 0 Å². The molecule has 2 rings (SSSR count). The van der Waals surface area contributed by atoms with E-state index in [9.17, 15) is 4.39 Å². The van der Waals surface area contributed by atoms with E-state index in [-0.39, 0.29) is 5.82 Å². The number of rotatable bonds is 5. The molecule has 5 heteroatoms. The van der Waals surface area contributed by atoms with Gasteiger partial charge in [0.15, 0.2) is 0 Å². The van der Waals surface area contributed by atoms with E-state index in [1.807, 2.05) is 4.57 Å². The Bertz CT molecular complexity index is 536. The molecule has 1 heterocycles. The van der Waals surface area contributed by atoms with Gasteiger partial charge in [-0.1, -0.05) is 13.8 Å². The van der Waals surface area contributed by atoms with Gasteiger partial charge in [0.25, 0.3) is 0 Å². The Kier molecular flexibility index (Phi) is 3.81. The minimum atomic E-state index is -0.303. The normalized spacial score (nSPS) is 11.6. The summed E-state index contributed by atoms with van der Waals surface area (Å²) >= 11 is 0. The van der Waals surface area contributed by atoms with Crippen molar-refractivity contribution in [1.82, 2.24) is 9.55 Å². The first-order valence-corrected chi connectivity index (χ1v) is 6.07. The summed E-state index contributed by atoms with van der Waals surface area (Å²) in [7, 11) is 0. The van der Waals surface area contributed by atoms with Crippen LogP contribution in [0.5, 0.6) is 0 Å².